The fourth-order valence-electron chi connectivity index (χ4n) is 2.34. The zero-order valence-corrected chi connectivity index (χ0v) is 12.6. The van der Waals surface area contributed by atoms with E-state index >= 15 is 0 Å². The summed E-state index contributed by atoms with van der Waals surface area (Å²) in [5, 5.41) is -0.398. The summed E-state index contributed by atoms with van der Waals surface area (Å²) in [5.74, 6) is 0.534. The molecule has 98 valence electrons. The topological polar surface area (TPSA) is 43.4 Å². The molecule has 0 N–H and O–H groups in total. The van der Waals surface area contributed by atoms with Crippen LogP contribution in [0.1, 0.15) is 37.0 Å². The number of carbonyl (C=O) groups excluding carboxylic acids is 1. The van der Waals surface area contributed by atoms with Crippen LogP contribution in [0.5, 0.6) is 5.75 Å². The van der Waals surface area contributed by atoms with Crippen molar-refractivity contribution < 1.29 is 13.9 Å². The van der Waals surface area contributed by atoms with Gasteiger partial charge in [-0.1, -0.05) is 19.9 Å². The van der Waals surface area contributed by atoms with Gasteiger partial charge in [-0.25, -0.2) is 4.57 Å². The summed E-state index contributed by atoms with van der Waals surface area (Å²) in [5.41, 5.74) is 2.42. The number of halogens is 1. The molecule has 1 aromatic rings. The van der Waals surface area contributed by atoms with Gasteiger partial charge in [0.1, 0.15) is 5.75 Å². The van der Waals surface area contributed by atoms with Gasteiger partial charge in [-0.3, -0.25) is 4.79 Å². The van der Waals surface area contributed by atoms with Crippen LogP contribution in [0.3, 0.4) is 0 Å². The molecular weight excluding hydrogens is 271 g/mol. The fraction of sp³-hybridized carbons (Fsp3) is 0.462. The monoisotopic (exact) mass is 286 g/mol. The van der Waals surface area contributed by atoms with E-state index in [4.69, 9.17) is 16.1 Å². The van der Waals surface area contributed by atoms with E-state index in [-0.39, 0.29) is 6.42 Å². The van der Waals surface area contributed by atoms with Crippen molar-refractivity contribution in [1.29, 1.82) is 0 Å². The first-order chi connectivity index (χ1) is 8.27. The summed E-state index contributed by atoms with van der Waals surface area (Å²) in [7, 11) is -0.408. The van der Waals surface area contributed by atoms with E-state index in [0.29, 0.717) is 5.75 Å². The van der Waals surface area contributed by atoms with Crippen molar-refractivity contribution >= 4 is 25.5 Å². The Morgan fingerprint density at radius 3 is 2.50 bits per heavy atom. The highest BCUT2D eigenvalue weighted by Crippen LogP contribution is 2.39. The van der Waals surface area contributed by atoms with E-state index in [1.807, 2.05) is 39.8 Å². The third kappa shape index (κ3) is 3.54. The summed E-state index contributed by atoms with van der Waals surface area (Å²) in [6.07, 6.45) is 0.199. The lowest BCUT2D eigenvalue weighted by molar-refractivity contribution is -0.112. The van der Waals surface area contributed by atoms with Crippen LogP contribution in [0.4, 0.5) is 0 Å². The lowest BCUT2D eigenvalue weighted by Gasteiger charge is -2.27. The van der Waals surface area contributed by atoms with Crippen molar-refractivity contribution in [3.05, 3.63) is 28.8 Å². The maximum atomic E-state index is 11.1. The van der Waals surface area contributed by atoms with Crippen molar-refractivity contribution in [3.63, 3.8) is 0 Å². The summed E-state index contributed by atoms with van der Waals surface area (Å²) < 4.78 is 15.8. The molecule has 1 aromatic carbocycles. The van der Waals surface area contributed by atoms with E-state index in [0.717, 1.165) is 16.7 Å². The molecule has 0 radical (unpaired) electrons. The minimum absolute atomic E-state index is 0.199. The summed E-state index contributed by atoms with van der Waals surface area (Å²) in [6.45, 7) is 7.71. The van der Waals surface area contributed by atoms with E-state index in [2.05, 4.69) is 0 Å². The molecule has 0 spiro atoms. The average molecular weight is 287 g/mol. The second-order valence-corrected chi connectivity index (χ2v) is 5.79. The van der Waals surface area contributed by atoms with Crippen molar-refractivity contribution in [2.24, 2.45) is 0 Å². The zero-order valence-electron chi connectivity index (χ0n) is 10.9. The number of aryl methyl sites for hydroxylation is 2. The van der Waals surface area contributed by atoms with E-state index in [1.54, 1.807) is 0 Å². The average Bonchev–Trinajstić information content (AvgIpc) is 2.13. The Bertz CT molecular complexity index is 483. The van der Waals surface area contributed by atoms with Crippen LogP contribution in [0.2, 0.25) is 0 Å². The van der Waals surface area contributed by atoms with Gasteiger partial charge in [-0.15, -0.1) is 0 Å². The van der Waals surface area contributed by atoms with Crippen LogP contribution in [-0.2, 0) is 14.8 Å². The highest BCUT2D eigenvalue weighted by molar-refractivity contribution is 7.17. The normalized spacial score (nSPS) is 11.6. The first-order valence-corrected chi connectivity index (χ1v) is 6.68. The molecule has 0 heterocycles. The van der Waals surface area contributed by atoms with Crippen LogP contribution >= 0.6 is 20.3 Å². The Hall–Kier alpha value is -0.920. The third-order valence-electron chi connectivity index (χ3n) is 2.84. The van der Waals surface area contributed by atoms with Crippen molar-refractivity contribution in [3.8, 4) is 5.75 Å². The fourth-order valence-corrected chi connectivity index (χ4v) is 2.90. The van der Waals surface area contributed by atoms with E-state index in [1.165, 1.54) is 0 Å². The molecule has 0 amide bonds. The van der Waals surface area contributed by atoms with Crippen LogP contribution in [0.25, 0.3) is 0 Å². The molecule has 5 heteroatoms. The largest absolute Gasteiger partial charge is 0.407 e. The van der Waals surface area contributed by atoms with Gasteiger partial charge in [0.25, 0.3) is 0 Å². The van der Waals surface area contributed by atoms with Gasteiger partial charge >= 0.3 is 8.69 Å². The zero-order chi connectivity index (χ0) is 13.9. The Kier molecular flexibility index (Phi) is 4.89. The first kappa shape index (κ1) is 15.1. The van der Waals surface area contributed by atoms with Crippen molar-refractivity contribution in [2.45, 2.75) is 39.5 Å². The highest BCUT2D eigenvalue weighted by atomic mass is 35.5. The van der Waals surface area contributed by atoms with Gasteiger partial charge in [0.15, 0.2) is 0 Å². The third-order valence-corrected chi connectivity index (χ3v) is 3.24. The lowest BCUT2D eigenvalue weighted by Crippen LogP contribution is -2.22. The molecule has 0 unspecified atom stereocenters. The second-order valence-electron chi connectivity index (χ2n) is 5.04. The Balaban J connectivity index is 3.36. The number of hydrogen-bond acceptors (Lipinski definition) is 3. The SMILES string of the molecule is Cc1cc(C)c(C(C)(C)CC(=O)Cl)c(OP=O)c1. The maximum absolute atomic E-state index is 11.1. The predicted molar refractivity (Wildman–Crippen MR) is 72.7 cm³/mol. The van der Waals surface area contributed by atoms with Gasteiger partial charge in [0.05, 0.1) is 0 Å². The first-order valence-electron chi connectivity index (χ1n) is 5.57. The van der Waals surface area contributed by atoms with Crippen molar-refractivity contribution in [1.82, 2.24) is 0 Å². The van der Waals surface area contributed by atoms with Gasteiger partial charge in [-0.2, -0.15) is 0 Å². The molecule has 18 heavy (non-hydrogen) atoms. The Morgan fingerprint density at radius 1 is 1.39 bits per heavy atom. The molecule has 0 aliphatic carbocycles. The Morgan fingerprint density at radius 2 is 2.00 bits per heavy atom. The van der Waals surface area contributed by atoms with Crippen molar-refractivity contribution in [2.75, 3.05) is 0 Å². The minimum Gasteiger partial charge on any atom is -0.407 e. The minimum atomic E-state index is -0.462. The molecule has 1 rings (SSSR count). The number of benzene rings is 1. The molecule has 0 aliphatic heterocycles. The lowest BCUT2D eigenvalue weighted by atomic mass is 9.78. The Labute approximate surface area is 114 Å². The molecule has 0 saturated carbocycles. The molecule has 0 aromatic heterocycles. The van der Waals surface area contributed by atoms with Gasteiger partial charge < -0.3 is 4.52 Å². The van der Waals surface area contributed by atoms with E-state index in [9.17, 15) is 9.36 Å². The molecule has 0 aliphatic rings. The molecule has 0 saturated heterocycles. The molecule has 0 atom stereocenters. The van der Waals surface area contributed by atoms with Gasteiger partial charge in [0, 0.05) is 17.4 Å². The molecule has 0 fully saturated rings. The summed E-state index contributed by atoms with van der Waals surface area (Å²) in [6, 6.07) is 3.82. The molecule has 0 bridgehead atoms. The van der Waals surface area contributed by atoms with E-state index < -0.39 is 19.3 Å². The van der Waals surface area contributed by atoms with Crippen LogP contribution < -0.4 is 4.52 Å². The molecular formula is C13H16ClO3P. The highest BCUT2D eigenvalue weighted by Gasteiger charge is 2.29. The summed E-state index contributed by atoms with van der Waals surface area (Å²) in [4.78, 5) is 11.1. The smallest absolute Gasteiger partial charge is 0.395 e. The number of rotatable bonds is 5. The van der Waals surface area contributed by atoms with Gasteiger partial charge in [-0.05, 0) is 42.6 Å². The van der Waals surface area contributed by atoms with Gasteiger partial charge in [0.2, 0.25) is 5.24 Å². The predicted octanol–water partition coefficient (Wildman–Crippen LogP) is 4.32. The second kappa shape index (κ2) is 5.81. The van der Waals surface area contributed by atoms with Crippen LogP contribution in [0, 0.1) is 13.8 Å². The maximum Gasteiger partial charge on any atom is 0.395 e. The van der Waals surface area contributed by atoms with Crippen LogP contribution in [0.15, 0.2) is 12.1 Å². The number of carbonyl (C=O) groups is 1. The van der Waals surface area contributed by atoms with Crippen LogP contribution in [-0.4, -0.2) is 5.24 Å². The summed E-state index contributed by atoms with van der Waals surface area (Å²) >= 11 is 5.48. The number of hydrogen-bond donors (Lipinski definition) is 0. The molecule has 3 nitrogen and oxygen atoms in total. The quantitative estimate of drug-likeness (QED) is 0.598. The standard InChI is InChI=1S/C13H16ClO3P/c1-8-5-9(2)12(10(6-8)17-18-16)13(3,4)7-11(14)15/h5-6H,7H2,1-4H3.